The van der Waals surface area contributed by atoms with Crippen LogP contribution in [0.1, 0.15) is 22.0 Å². The van der Waals surface area contributed by atoms with Gasteiger partial charge in [-0.2, -0.15) is 0 Å². The molecule has 3 heterocycles. The van der Waals surface area contributed by atoms with Gasteiger partial charge in [0.25, 0.3) is 11.8 Å². The number of aryl methyl sites for hydroxylation is 1. The Morgan fingerprint density at radius 3 is 2.63 bits per heavy atom. The van der Waals surface area contributed by atoms with E-state index in [1.165, 1.54) is 12.4 Å². The van der Waals surface area contributed by atoms with Gasteiger partial charge in [0.05, 0.1) is 5.56 Å². The van der Waals surface area contributed by atoms with E-state index in [1.54, 1.807) is 19.1 Å². The minimum atomic E-state index is -0.497. The van der Waals surface area contributed by atoms with Gasteiger partial charge in [0.15, 0.2) is 6.61 Å². The van der Waals surface area contributed by atoms with Gasteiger partial charge >= 0.3 is 5.97 Å². The number of nitrogens with zero attached hydrogens (tertiary/aromatic N) is 4. The van der Waals surface area contributed by atoms with Gasteiger partial charge in [0.2, 0.25) is 0 Å². The number of esters is 1. The van der Waals surface area contributed by atoms with E-state index in [0.29, 0.717) is 22.6 Å². The fraction of sp³-hybridized carbons (Fsp3) is 0.105. The summed E-state index contributed by atoms with van der Waals surface area (Å²) >= 11 is 0. The molecule has 0 fully saturated rings. The molecule has 0 amide bonds. The molecule has 0 atom stereocenters. The molecule has 0 saturated heterocycles. The summed E-state index contributed by atoms with van der Waals surface area (Å²) in [6.07, 6.45) is 3.03. The van der Waals surface area contributed by atoms with Gasteiger partial charge in [-0.05, 0) is 19.1 Å². The van der Waals surface area contributed by atoms with E-state index in [-0.39, 0.29) is 18.4 Å². The summed E-state index contributed by atoms with van der Waals surface area (Å²) in [5.74, 6) is 0.482. The Hall–Kier alpha value is -3.81. The first kappa shape index (κ1) is 16.6. The highest BCUT2D eigenvalue weighted by atomic mass is 16.5. The zero-order valence-electron chi connectivity index (χ0n) is 14.3. The first-order chi connectivity index (χ1) is 13.2. The first-order valence-electron chi connectivity index (χ1n) is 8.14. The average molecular weight is 362 g/mol. The first-order valence-corrected chi connectivity index (χ1v) is 8.14. The van der Waals surface area contributed by atoms with E-state index < -0.39 is 5.97 Å². The highest BCUT2D eigenvalue weighted by Crippen LogP contribution is 2.33. The predicted octanol–water partition coefficient (Wildman–Crippen LogP) is 3.45. The number of carbonyl (C=O) groups excluding carboxylic acids is 1. The Morgan fingerprint density at radius 1 is 1.07 bits per heavy atom. The number of aromatic nitrogens is 4. The molecule has 3 aromatic heterocycles. The van der Waals surface area contributed by atoms with Crippen LogP contribution in [-0.4, -0.2) is 26.3 Å². The van der Waals surface area contributed by atoms with Gasteiger partial charge in [-0.1, -0.05) is 35.5 Å². The zero-order valence-corrected chi connectivity index (χ0v) is 14.3. The lowest BCUT2D eigenvalue weighted by Gasteiger charge is -2.01. The summed E-state index contributed by atoms with van der Waals surface area (Å²) in [6, 6.07) is 12.7. The second kappa shape index (κ2) is 7.20. The molecule has 8 nitrogen and oxygen atoms in total. The van der Waals surface area contributed by atoms with Crippen molar-refractivity contribution < 1.29 is 18.5 Å². The molecule has 0 saturated carbocycles. The van der Waals surface area contributed by atoms with Gasteiger partial charge in [-0.15, -0.1) is 10.2 Å². The highest BCUT2D eigenvalue weighted by Gasteiger charge is 2.22. The number of hydrogen-bond acceptors (Lipinski definition) is 8. The third-order valence-electron chi connectivity index (χ3n) is 3.83. The molecule has 0 unspecified atom stereocenters. The van der Waals surface area contributed by atoms with Crippen molar-refractivity contribution in [3.8, 4) is 22.7 Å². The van der Waals surface area contributed by atoms with Gasteiger partial charge in [0, 0.05) is 18.0 Å². The molecule has 0 aliphatic carbocycles. The number of ether oxygens (including phenoxy) is 1. The molecule has 4 rings (SSSR count). The molecule has 0 N–H and O–H groups in total. The molecule has 1 aromatic carbocycles. The van der Waals surface area contributed by atoms with Crippen molar-refractivity contribution in [1.82, 2.24) is 20.3 Å². The fourth-order valence-electron chi connectivity index (χ4n) is 2.53. The van der Waals surface area contributed by atoms with Gasteiger partial charge in [-0.25, -0.2) is 4.79 Å². The highest BCUT2D eigenvalue weighted by molar-refractivity contribution is 5.89. The summed E-state index contributed by atoms with van der Waals surface area (Å²) in [5.41, 5.74) is 2.48. The summed E-state index contributed by atoms with van der Waals surface area (Å²) < 4.78 is 16.1. The van der Waals surface area contributed by atoms with Crippen LogP contribution in [0.2, 0.25) is 0 Å². The Labute approximate surface area is 153 Å². The second-order valence-corrected chi connectivity index (χ2v) is 5.64. The van der Waals surface area contributed by atoms with Crippen LogP contribution in [0.5, 0.6) is 0 Å². The van der Waals surface area contributed by atoms with E-state index in [1.807, 2.05) is 30.3 Å². The summed E-state index contributed by atoms with van der Waals surface area (Å²) in [6.45, 7) is 1.63. The molecule has 0 radical (unpaired) electrons. The van der Waals surface area contributed by atoms with Crippen molar-refractivity contribution in [2.24, 2.45) is 0 Å². The van der Waals surface area contributed by atoms with Crippen molar-refractivity contribution in [2.75, 3.05) is 0 Å². The van der Waals surface area contributed by atoms with Crippen molar-refractivity contribution in [2.45, 2.75) is 13.5 Å². The molecule has 4 aromatic rings. The largest absolute Gasteiger partial charge is 0.452 e. The maximum atomic E-state index is 12.0. The molecule has 0 aliphatic heterocycles. The van der Waals surface area contributed by atoms with Crippen LogP contribution in [0.4, 0.5) is 0 Å². The van der Waals surface area contributed by atoms with Crippen LogP contribution in [0.3, 0.4) is 0 Å². The normalized spacial score (nSPS) is 10.7. The third kappa shape index (κ3) is 3.45. The number of pyridine rings is 1. The molecule has 0 spiro atoms. The Balaban J connectivity index is 1.54. The van der Waals surface area contributed by atoms with Crippen LogP contribution < -0.4 is 0 Å². The monoisotopic (exact) mass is 362 g/mol. The topological polar surface area (TPSA) is 104 Å². The maximum absolute atomic E-state index is 12.0. The van der Waals surface area contributed by atoms with Gasteiger partial charge < -0.3 is 13.7 Å². The van der Waals surface area contributed by atoms with Gasteiger partial charge in [0.1, 0.15) is 17.0 Å². The minimum Gasteiger partial charge on any atom is -0.452 e. The Kier molecular flexibility index (Phi) is 4.44. The molecule has 0 bridgehead atoms. The molecular weight excluding hydrogens is 348 g/mol. The number of carbonyl (C=O) groups is 1. The third-order valence-corrected chi connectivity index (χ3v) is 3.83. The van der Waals surface area contributed by atoms with Gasteiger partial charge in [-0.3, -0.25) is 4.98 Å². The summed E-state index contributed by atoms with van der Waals surface area (Å²) in [4.78, 5) is 15.8. The summed E-state index contributed by atoms with van der Waals surface area (Å²) in [5, 5.41) is 12.1. The van der Waals surface area contributed by atoms with Crippen molar-refractivity contribution in [3.63, 3.8) is 0 Å². The Bertz CT molecular complexity index is 1060. The lowest BCUT2D eigenvalue weighted by atomic mass is 10.1. The SMILES string of the molecule is Cc1onc(-c2ccccc2)c1-c1nnc(COC(=O)c2ccncc2)o1. The van der Waals surface area contributed by atoms with E-state index in [0.717, 1.165) is 5.56 Å². The second-order valence-electron chi connectivity index (χ2n) is 5.64. The van der Waals surface area contributed by atoms with E-state index in [2.05, 4.69) is 20.3 Å². The number of rotatable bonds is 5. The number of hydrogen-bond donors (Lipinski definition) is 0. The summed E-state index contributed by atoms with van der Waals surface area (Å²) in [7, 11) is 0. The zero-order chi connectivity index (χ0) is 18.6. The van der Waals surface area contributed by atoms with Crippen LogP contribution >= 0.6 is 0 Å². The maximum Gasteiger partial charge on any atom is 0.338 e. The molecule has 134 valence electrons. The molecule has 8 heteroatoms. The van der Waals surface area contributed by atoms with E-state index in [9.17, 15) is 4.79 Å². The lowest BCUT2D eigenvalue weighted by molar-refractivity contribution is 0.0438. The predicted molar refractivity (Wildman–Crippen MR) is 93.3 cm³/mol. The van der Waals surface area contributed by atoms with Crippen LogP contribution in [-0.2, 0) is 11.3 Å². The van der Waals surface area contributed by atoms with E-state index >= 15 is 0 Å². The molecule has 0 aliphatic rings. The Morgan fingerprint density at radius 2 is 1.85 bits per heavy atom. The van der Waals surface area contributed by atoms with Crippen molar-refractivity contribution in [1.29, 1.82) is 0 Å². The van der Waals surface area contributed by atoms with Crippen LogP contribution in [0.25, 0.3) is 22.7 Å². The smallest absolute Gasteiger partial charge is 0.338 e. The molecular formula is C19H14N4O4. The van der Waals surface area contributed by atoms with E-state index in [4.69, 9.17) is 13.7 Å². The van der Waals surface area contributed by atoms with Crippen molar-refractivity contribution in [3.05, 3.63) is 72.1 Å². The molecule has 27 heavy (non-hydrogen) atoms. The average Bonchev–Trinajstić information content (AvgIpc) is 3.33. The van der Waals surface area contributed by atoms with Crippen molar-refractivity contribution >= 4 is 5.97 Å². The fourth-order valence-corrected chi connectivity index (χ4v) is 2.53. The minimum absolute atomic E-state index is 0.140. The van der Waals surface area contributed by atoms with Crippen LogP contribution in [0.15, 0.2) is 63.8 Å². The standard InChI is InChI=1S/C19H14N4O4/c1-12-16(17(23-27-12)13-5-3-2-4-6-13)18-22-21-15(26-18)11-25-19(24)14-7-9-20-10-8-14/h2-10H,11H2,1H3. The quantitative estimate of drug-likeness (QED) is 0.497. The van der Waals surface area contributed by atoms with Crippen LogP contribution in [0, 0.1) is 6.92 Å². The lowest BCUT2D eigenvalue weighted by Crippen LogP contribution is -2.05. The number of benzene rings is 1.